The van der Waals surface area contributed by atoms with Gasteiger partial charge in [0.25, 0.3) is 0 Å². The standard InChI is InChI=1S/C13H15BrN2O2S2/c1-2-16-20(17,18)12-5-3-11(4-6-12)15-8-10-7-13(14)19-9-10/h3-7,9,15-16H,2,8H2,1H3. The predicted molar refractivity (Wildman–Crippen MR) is 86.7 cm³/mol. The minimum Gasteiger partial charge on any atom is -0.381 e. The molecule has 0 aliphatic heterocycles. The van der Waals surface area contributed by atoms with Crippen molar-refractivity contribution in [3.05, 3.63) is 45.1 Å². The number of sulfonamides is 1. The Morgan fingerprint density at radius 3 is 2.50 bits per heavy atom. The van der Waals surface area contributed by atoms with Crippen LogP contribution in [-0.2, 0) is 16.6 Å². The average Bonchev–Trinajstić information content (AvgIpc) is 2.83. The van der Waals surface area contributed by atoms with Crippen molar-refractivity contribution in [1.82, 2.24) is 4.72 Å². The molecule has 1 aromatic heterocycles. The zero-order chi connectivity index (χ0) is 14.6. The SMILES string of the molecule is CCNS(=O)(=O)c1ccc(NCc2csc(Br)c2)cc1. The number of hydrogen-bond acceptors (Lipinski definition) is 4. The highest BCUT2D eigenvalue weighted by molar-refractivity contribution is 9.11. The van der Waals surface area contributed by atoms with Crippen molar-refractivity contribution in [3.8, 4) is 0 Å². The zero-order valence-electron chi connectivity index (χ0n) is 10.9. The fourth-order valence-electron chi connectivity index (χ4n) is 1.67. The van der Waals surface area contributed by atoms with Gasteiger partial charge < -0.3 is 5.32 Å². The number of rotatable bonds is 6. The van der Waals surface area contributed by atoms with E-state index in [-0.39, 0.29) is 4.90 Å². The summed E-state index contributed by atoms with van der Waals surface area (Å²) >= 11 is 5.06. The van der Waals surface area contributed by atoms with Crippen LogP contribution in [0.4, 0.5) is 5.69 Å². The molecule has 0 saturated heterocycles. The predicted octanol–water partition coefficient (Wildman–Crippen LogP) is 3.42. The van der Waals surface area contributed by atoms with Gasteiger partial charge in [-0.15, -0.1) is 11.3 Å². The van der Waals surface area contributed by atoms with E-state index in [2.05, 4.69) is 37.4 Å². The summed E-state index contributed by atoms with van der Waals surface area (Å²) in [5.74, 6) is 0. The van der Waals surface area contributed by atoms with E-state index >= 15 is 0 Å². The van der Waals surface area contributed by atoms with Crippen LogP contribution in [0.1, 0.15) is 12.5 Å². The van der Waals surface area contributed by atoms with Gasteiger partial charge >= 0.3 is 0 Å². The van der Waals surface area contributed by atoms with Crippen LogP contribution in [0, 0.1) is 0 Å². The molecule has 1 heterocycles. The highest BCUT2D eigenvalue weighted by Gasteiger charge is 2.11. The Hall–Kier alpha value is -0.890. The lowest BCUT2D eigenvalue weighted by Gasteiger charge is -2.07. The summed E-state index contributed by atoms with van der Waals surface area (Å²) in [6.45, 7) is 2.85. The largest absolute Gasteiger partial charge is 0.381 e. The van der Waals surface area contributed by atoms with Gasteiger partial charge in [0.2, 0.25) is 10.0 Å². The molecule has 0 aliphatic rings. The maximum atomic E-state index is 11.8. The Balaban J connectivity index is 2.01. The highest BCUT2D eigenvalue weighted by Crippen LogP contribution is 2.21. The number of benzene rings is 1. The van der Waals surface area contributed by atoms with Crippen molar-refractivity contribution in [2.45, 2.75) is 18.4 Å². The van der Waals surface area contributed by atoms with Crippen molar-refractivity contribution in [1.29, 1.82) is 0 Å². The van der Waals surface area contributed by atoms with Crippen LogP contribution in [-0.4, -0.2) is 15.0 Å². The van der Waals surface area contributed by atoms with E-state index in [0.29, 0.717) is 13.1 Å². The second-order valence-electron chi connectivity index (χ2n) is 4.14. The Labute approximate surface area is 131 Å². The van der Waals surface area contributed by atoms with E-state index in [1.54, 1.807) is 42.5 Å². The molecule has 0 unspecified atom stereocenters. The molecule has 0 spiro atoms. The second kappa shape index (κ2) is 6.71. The molecule has 7 heteroatoms. The van der Waals surface area contributed by atoms with Crippen LogP contribution in [0.2, 0.25) is 0 Å². The molecule has 0 saturated carbocycles. The molecule has 1 aromatic carbocycles. The normalized spacial score (nSPS) is 11.5. The van der Waals surface area contributed by atoms with Crippen LogP contribution in [0.5, 0.6) is 0 Å². The number of hydrogen-bond donors (Lipinski definition) is 2. The third-order valence-corrected chi connectivity index (χ3v) is 5.73. The number of halogens is 1. The van der Waals surface area contributed by atoms with Crippen molar-refractivity contribution in [3.63, 3.8) is 0 Å². The van der Waals surface area contributed by atoms with Gasteiger partial charge in [0, 0.05) is 18.8 Å². The summed E-state index contributed by atoms with van der Waals surface area (Å²) in [5.41, 5.74) is 2.08. The zero-order valence-corrected chi connectivity index (χ0v) is 14.1. The molecule has 0 radical (unpaired) electrons. The number of nitrogens with one attached hydrogen (secondary N) is 2. The van der Waals surface area contributed by atoms with E-state index in [9.17, 15) is 8.42 Å². The Kier molecular flexibility index (Phi) is 5.20. The van der Waals surface area contributed by atoms with E-state index in [1.165, 1.54) is 5.56 Å². The summed E-state index contributed by atoms with van der Waals surface area (Å²) in [7, 11) is -3.37. The summed E-state index contributed by atoms with van der Waals surface area (Å²) in [4.78, 5) is 0.281. The van der Waals surface area contributed by atoms with E-state index in [4.69, 9.17) is 0 Å². The number of thiophene rings is 1. The van der Waals surface area contributed by atoms with E-state index in [0.717, 1.165) is 9.47 Å². The van der Waals surface area contributed by atoms with Gasteiger partial charge in [-0.3, -0.25) is 0 Å². The van der Waals surface area contributed by atoms with Gasteiger partial charge in [-0.25, -0.2) is 13.1 Å². The van der Waals surface area contributed by atoms with Crippen LogP contribution in [0.25, 0.3) is 0 Å². The molecule has 0 aliphatic carbocycles. The van der Waals surface area contributed by atoms with Gasteiger partial charge in [0.1, 0.15) is 0 Å². The van der Waals surface area contributed by atoms with Crippen molar-refractivity contribution in [2.24, 2.45) is 0 Å². The van der Waals surface area contributed by atoms with Crippen molar-refractivity contribution < 1.29 is 8.42 Å². The molecule has 0 fully saturated rings. The van der Waals surface area contributed by atoms with E-state index < -0.39 is 10.0 Å². The molecule has 2 N–H and O–H groups in total. The van der Waals surface area contributed by atoms with Crippen LogP contribution < -0.4 is 10.0 Å². The smallest absolute Gasteiger partial charge is 0.240 e. The molecule has 108 valence electrons. The van der Waals surface area contributed by atoms with Crippen molar-refractivity contribution >= 4 is 43.0 Å². The lowest BCUT2D eigenvalue weighted by atomic mass is 10.3. The summed E-state index contributed by atoms with van der Waals surface area (Å²) in [5, 5.41) is 5.33. The third-order valence-electron chi connectivity index (χ3n) is 2.62. The fraction of sp³-hybridized carbons (Fsp3) is 0.231. The highest BCUT2D eigenvalue weighted by atomic mass is 79.9. The van der Waals surface area contributed by atoms with Gasteiger partial charge in [-0.2, -0.15) is 0 Å². The first-order valence-electron chi connectivity index (χ1n) is 6.08. The van der Waals surface area contributed by atoms with Gasteiger partial charge in [0.05, 0.1) is 8.68 Å². The molecule has 2 rings (SSSR count). The molecule has 0 atom stereocenters. The minimum absolute atomic E-state index is 0.281. The third kappa shape index (κ3) is 4.05. The van der Waals surface area contributed by atoms with Crippen LogP contribution >= 0.6 is 27.3 Å². The first-order chi connectivity index (χ1) is 9.51. The van der Waals surface area contributed by atoms with Crippen LogP contribution in [0.3, 0.4) is 0 Å². The average molecular weight is 375 g/mol. The first-order valence-corrected chi connectivity index (χ1v) is 9.23. The quantitative estimate of drug-likeness (QED) is 0.814. The minimum atomic E-state index is -3.37. The molecular formula is C13H15BrN2O2S2. The Bertz CT molecular complexity index is 666. The molecule has 20 heavy (non-hydrogen) atoms. The summed E-state index contributed by atoms with van der Waals surface area (Å²) in [6.07, 6.45) is 0. The van der Waals surface area contributed by atoms with Gasteiger partial charge in [-0.05, 0) is 57.2 Å². The molecule has 0 bridgehead atoms. The van der Waals surface area contributed by atoms with Crippen molar-refractivity contribution in [2.75, 3.05) is 11.9 Å². The summed E-state index contributed by atoms with van der Waals surface area (Å²) < 4.78 is 27.1. The maximum Gasteiger partial charge on any atom is 0.240 e. The molecule has 0 amide bonds. The molecular weight excluding hydrogens is 360 g/mol. The monoisotopic (exact) mass is 374 g/mol. The molecule has 4 nitrogen and oxygen atoms in total. The maximum absolute atomic E-state index is 11.8. The Morgan fingerprint density at radius 2 is 1.95 bits per heavy atom. The first kappa shape index (κ1) is 15.5. The summed E-state index contributed by atoms with van der Waals surface area (Å²) in [6, 6.07) is 8.80. The van der Waals surface area contributed by atoms with Gasteiger partial charge in [-0.1, -0.05) is 6.92 Å². The van der Waals surface area contributed by atoms with Crippen LogP contribution in [0.15, 0.2) is 44.4 Å². The van der Waals surface area contributed by atoms with E-state index in [1.807, 2.05) is 0 Å². The Morgan fingerprint density at radius 1 is 1.25 bits per heavy atom. The van der Waals surface area contributed by atoms with Gasteiger partial charge in [0.15, 0.2) is 0 Å². The number of anilines is 1. The molecule has 2 aromatic rings. The lowest BCUT2D eigenvalue weighted by molar-refractivity contribution is 0.584. The second-order valence-corrected chi connectivity index (χ2v) is 8.20. The fourth-order valence-corrected chi connectivity index (χ4v) is 3.92. The topological polar surface area (TPSA) is 58.2 Å². The lowest BCUT2D eigenvalue weighted by Crippen LogP contribution is -2.23.